The highest BCUT2D eigenvalue weighted by atomic mass is 32.1. The van der Waals surface area contributed by atoms with Crippen LogP contribution in [0.3, 0.4) is 0 Å². The van der Waals surface area contributed by atoms with Crippen LogP contribution in [-0.2, 0) is 16.1 Å². The second kappa shape index (κ2) is 12.5. The molecule has 1 saturated heterocycles. The lowest BCUT2D eigenvalue weighted by atomic mass is 10.2. The van der Waals surface area contributed by atoms with Crippen molar-refractivity contribution in [2.45, 2.75) is 19.6 Å². The molecule has 1 aromatic carbocycles. The number of nitriles is 1. The fourth-order valence-corrected chi connectivity index (χ4v) is 4.51. The molecule has 1 fully saturated rings. The first-order valence-electron chi connectivity index (χ1n) is 11.1. The Bertz CT molecular complexity index is 1440. The summed E-state index contributed by atoms with van der Waals surface area (Å²) in [5.41, 5.74) is -0.0899. The highest BCUT2D eigenvalue weighted by molar-refractivity contribution is 7.80. The van der Waals surface area contributed by atoms with E-state index in [0.29, 0.717) is 29.8 Å². The maximum absolute atomic E-state index is 12.8. The number of nitrogens with zero attached hydrogens (tertiary/aromatic N) is 3. The average Bonchev–Trinajstić information content (AvgIpc) is 3.18. The van der Waals surface area contributed by atoms with Crippen molar-refractivity contribution in [2.24, 2.45) is 0 Å². The molecule has 3 rings (SSSR count). The van der Waals surface area contributed by atoms with E-state index >= 15 is 0 Å². The minimum Gasteiger partial charge on any atom is -0.360 e. The number of rotatable bonds is 8. The Labute approximate surface area is 223 Å². The summed E-state index contributed by atoms with van der Waals surface area (Å²) in [7, 11) is 0. The van der Waals surface area contributed by atoms with Crippen LogP contribution in [0.25, 0.3) is 11.8 Å². The number of aromatic nitrogens is 1. The number of carbonyl (C=O) groups excluding carboxylic acids is 2. The van der Waals surface area contributed by atoms with Crippen LogP contribution >= 0.6 is 23.6 Å². The van der Waals surface area contributed by atoms with E-state index < -0.39 is 29.8 Å². The topological polar surface area (TPSA) is 143 Å². The summed E-state index contributed by atoms with van der Waals surface area (Å²) >= 11 is 5.77. The Kier molecular flexibility index (Phi) is 9.45. The monoisotopic (exact) mass is 568 g/mol. The third kappa shape index (κ3) is 7.78. The van der Waals surface area contributed by atoms with E-state index in [0.717, 1.165) is 15.9 Å². The first-order valence-corrected chi connectivity index (χ1v) is 12.3. The van der Waals surface area contributed by atoms with Gasteiger partial charge in [0.25, 0.3) is 11.5 Å². The van der Waals surface area contributed by atoms with Crippen LogP contribution in [0.4, 0.5) is 24.5 Å². The Morgan fingerprint density at radius 3 is 2.58 bits per heavy atom. The zero-order chi connectivity index (χ0) is 27.9. The van der Waals surface area contributed by atoms with Crippen LogP contribution in [0.5, 0.6) is 0 Å². The highest BCUT2D eigenvalue weighted by Crippen LogP contribution is 2.15. The number of hydrogen-bond acceptors (Lipinski definition) is 8. The van der Waals surface area contributed by atoms with E-state index in [9.17, 15) is 32.8 Å². The number of halogens is 3. The van der Waals surface area contributed by atoms with Crippen molar-refractivity contribution in [3.05, 3.63) is 43.8 Å². The molecule has 202 valence electrons. The summed E-state index contributed by atoms with van der Waals surface area (Å²) in [6, 6.07) is 8.30. The summed E-state index contributed by atoms with van der Waals surface area (Å²) in [6.45, 7) is 1.08. The van der Waals surface area contributed by atoms with Gasteiger partial charge < -0.3 is 26.6 Å². The van der Waals surface area contributed by atoms with Gasteiger partial charge in [-0.25, -0.2) is 0 Å². The molecule has 2 heterocycles. The smallest absolute Gasteiger partial charge is 0.360 e. The predicted molar refractivity (Wildman–Crippen MR) is 140 cm³/mol. The van der Waals surface area contributed by atoms with Crippen LogP contribution in [-0.4, -0.2) is 59.0 Å². The lowest BCUT2D eigenvalue weighted by Crippen LogP contribution is -2.55. The second-order valence-corrected chi connectivity index (χ2v) is 9.29. The van der Waals surface area contributed by atoms with Crippen molar-refractivity contribution in [1.82, 2.24) is 25.4 Å². The van der Waals surface area contributed by atoms with Gasteiger partial charge >= 0.3 is 6.18 Å². The molecule has 1 aliphatic heterocycles. The number of hydrogen-bond donors (Lipinski definition) is 5. The molecule has 0 spiro atoms. The third-order valence-corrected chi connectivity index (χ3v) is 6.45. The average molecular weight is 569 g/mol. The standard InChI is InChI=1S/C22H23F3N8O3S2/c1-2-33-19(36)16(38-20(33)15(7-26)18(35)28-10-22(23,24)25)8-27-13-4-3-5-14(6-13)31-17(34)9-32-11-29-21(37)30-12-32/h3-6,8,27H,2,9-12H2,1H3,(H,28,35)(H,31,34)(H2,29,30,37)/b16-8+,20-15-. The summed E-state index contributed by atoms with van der Waals surface area (Å²) in [6.07, 6.45) is -3.29. The van der Waals surface area contributed by atoms with Gasteiger partial charge in [0, 0.05) is 24.1 Å². The summed E-state index contributed by atoms with van der Waals surface area (Å²) < 4.78 is 38.6. The summed E-state index contributed by atoms with van der Waals surface area (Å²) in [5, 5.41) is 23.1. The van der Waals surface area contributed by atoms with Gasteiger partial charge in [-0.3, -0.25) is 23.9 Å². The fraction of sp³-hybridized carbons (Fsp3) is 0.318. The van der Waals surface area contributed by atoms with Crippen LogP contribution < -0.4 is 41.3 Å². The van der Waals surface area contributed by atoms with Crippen molar-refractivity contribution < 1.29 is 22.8 Å². The molecule has 2 aromatic rings. The molecular weight excluding hydrogens is 545 g/mol. The molecule has 0 aliphatic carbocycles. The molecule has 16 heteroatoms. The van der Waals surface area contributed by atoms with Crippen molar-refractivity contribution in [3.8, 4) is 6.07 Å². The van der Waals surface area contributed by atoms with E-state index in [4.69, 9.17) is 12.2 Å². The van der Waals surface area contributed by atoms with Crippen molar-refractivity contribution >= 4 is 63.6 Å². The minimum atomic E-state index is -4.65. The van der Waals surface area contributed by atoms with Gasteiger partial charge in [0.05, 0.1) is 19.9 Å². The number of thiocarbonyl (C=S) groups is 1. The molecule has 0 bridgehead atoms. The van der Waals surface area contributed by atoms with Gasteiger partial charge in [-0.1, -0.05) is 6.07 Å². The van der Waals surface area contributed by atoms with Gasteiger partial charge in [0.2, 0.25) is 5.91 Å². The number of nitrogens with one attached hydrogen (secondary N) is 5. The van der Waals surface area contributed by atoms with Crippen LogP contribution in [0.1, 0.15) is 6.92 Å². The van der Waals surface area contributed by atoms with Gasteiger partial charge in [-0.2, -0.15) is 18.4 Å². The SMILES string of the molecule is CCn1c(=O)/c(=C\Nc2cccc(NC(=O)CN3CNC(=S)NC3)c2)s/c1=C(/C#N)C(=O)NCC(F)(F)F. The number of benzene rings is 1. The number of alkyl halides is 3. The van der Waals surface area contributed by atoms with Gasteiger partial charge in [-0.05, 0) is 37.3 Å². The Balaban J connectivity index is 1.78. The van der Waals surface area contributed by atoms with E-state index in [1.807, 2.05) is 4.90 Å². The van der Waals surface area contributed by atoms with E-state index in [1.54, 1.807) is 42.6 Å². The molecule has 0 atom stereocenters. The quantitative estimate of drug-likeness (QED) is 0.273. The predicted octanol–water partition coefficient (Wildman–Crippen LogP) is -0.234. The molecular formula is C22H23F3N8O3S2. The Morgan fingerprint density at radius 2 is 1.95 bits per heavy atom. The van der Waals surface area contributed by atoms with Gasteiger partial charge in [-0.15, -0.1) is 11.3 Å². The number of carbonyl (C=O) groups is 2. The van der Waals surface area contributed by atoms with E-state index in [1.165, 1.54) is 6.20 Å². The fourth-order valence-electron chi connectivity index (χ4n) is 3.29. The lowest BCUT2D eigenvalue weighted by molar-refractivity contribution is -0.135. The maximum Gasteiger partial charge on any atom is 0.405 e. The van der Waals surface area contributed by atoms with Gasteiger partial charge in [0.15, 0.2) is 10.7 Å². The number of anilines is 2. The van der Waals surface area contributed by atoms with Crippen LogP contribution in [0, 0.1) is 11.3 Å². The lowest BCUT2D eigenvalue weighted by Gasteiger charge is -2.28. The third-order valence-electron chi connectivity index (χ3n) is 5.04. The van der Waals surface area contributed by atoms with E-state index in [2.05, 4.69) is 21.3 Å². The van der Waals surface area contributed by atoms with Crippen molar-refractivity contribution in [2.75, 3.05) is 37.1 Å². The number of amides is 2. The molecule has 0 unspecified atom stereocenters. The number of thiazole rings is 1. The first-order chi connectivity index (χ1) is 18.0. The largest absolute Gasteiger partial charge is 0.405 e. The molecule has 38 heavy (non-hydrogen) atoms. The van der Waals surface area contributed by atoms with E-state index in [-0.39, 0.29) is 28.2 Å². The van der Waals surface area contributed by atoms with Crippen LogP contribution in [0.2, 0.25) is 0 Å². The normalized spacial score (nSPS) is 15.1. The molecule has 11 nitrogen and oxygen atoms in total. The second-order valence-electron chi connectivity index (χ2n) is 7.85. The zero-order valence-corrected chi connectivity index (χ0v) is 21.6. The molecule has 1 aliphatic rings. The van der Waals surface area contributed by atoms with Crippen LogP contribution in [0.15, 0.2) is 29.1 Å². The van der Waals surface area contributed by atoms with Crippen molar-refractivity contribution in [1.29, 1.82) is 5.26 Å². The first kappa shape index (κ1) is 28.6. The molecule has 0 radical (unpaired) electrons. The molecule has 1 aromatic heterocycles. The summed E-state index contributed by atoms with van der Waals surface area (Å²) in [5.74, 6) is -1.48. The molecule has 0 saturated carbocycles. The Hall–Kier alpha value is -3.94. The highest BCUT2D eigenvalue weighted by Gasteiger charge is 2.29. The zero-order valence-electron chi connectivity index (χ0n) is 19.9. The van der Waals surface area contributed by atoms with Gasteiger partial charge in [0.1, 0.15) is 21.8 Å². The summed E-state index contributed by atoms with van der Waals surface area (Å²) in [4.78, 5) is 39.2. The Morgan fingerprint density at radius 1 is 1.26 bits per heavy atom. The minimum absolute atomic E-state index is 0.0591. The van der Waals surface area contributed by atoms with Crippen molar-refractivity contribution in [3.63, 3.8) is 0 Å². The molecule has 2 amide bonds. The molecule has 5 N–H and O–H groups in total. The maximum atomic E-state index is 12.8.